The molecular weight excluding hydrogens is 831 g/mol. The van der Waals surface area contributed by atoms with Crippen LogP contribution in [0.3, 0.4) is 0 Å². The Hall–Kier alpha value is -4.88. The highest BCUT2D eigenvalue weighted by Gasteiger charge is 2.46. The minimum absolute atomic E-state index is 0.233. The number of unbranched alkanes of at least 4 members (excludes halogenated alkanes) is 2. The molecule has 2 N–H and O–H groups in total. The Morgan fingerprint density at radius 1 is 0.857 bits per heavy atom. The van der Waals surface area contributed by atoms with Gasteiger partial charge in [0.05, 0.1) is 16.9 Å². The molecule has 0 radical (unpaired) electrons. The smallest absolute Gasteiger partial charge is 0.414 e. The van der Waals surface area contributed by atoms with Gasteiger partial charge in [-0.15, -0.1) is 0 Å². The summed E-state index contributed by atoms with van der Waals surface area (Å²) in [5.74, 6) is -0.0564. The lowest BCUT2D eigenvalue weighted by atomic mass is 9.79. The number of benzene rings is 4. The van der Waals surface area contributed by atoms with E-state index in [4.69, 9.17) is 4.74 Å². The number of carbonyl (C=O) groups excluding carboxylic acids is 1. The zero-order chi connectivity index (χ0) is 45.5. The highest BCUT2D eigenvalue weighted by Crippen LogP contribution is 2.51. The summed E-state index contributed by atoms with van der Waals surface area (Å²) in [6.45, 7) is 15.8. The average Bonchev–Trinajstić information content (AvgIpc) is 3.79. The van der Waals surface area contributed by atoms with Crippen LogP contribution < -0.4 is 4.90 Å². The van der Waals surface area contributed by atoms with Gasteiger partial charge in [-0.2, -0.15) is 13.0 Å². The van der Waals surface area contributed by atoms with Crippen LogP contribution in [0.4, 0.5) is 16.2 Å². The molecule has 334 valence electrons. The molecule has 4 aromatic carbocycles. The Morgan fingerprint density at radius 3 is 2.16 bits per heavy atom. The van der Waals surface area contributed by atoms with E-state index >= 15 is 0 Å². The first kappa shape index (κ1) is 46.1. The molecule has 12 heteroatoms. The monoisotopic (exact) mass is 892 g/mol. The van der Waals surface area contributed by atoms with Crippen LogP contribution in [0, 0.1) is 0 Å². The van der Waals surface area contributed by atoms with E-state index in [0.29, 0.717) is 45.2 Å². The number of amides is 1. The molecule has 4 aromatic rings. The molecule has 1 atom stereocenters. The Bertz CT molecular complexity index is 2750. The van der Waals surface area contributed by atoms with Gasteiger partial charge in [0.2, 0.25) is 5.69 Å². The number of anilines is 1. The van der Waals surface area contributed by atoms with E-state index in [1.165, 1.54) is 21.9 Å². The Morgan fingerprint density at radius 2 is 1.51 bits per heavy atom. The molecule has 0 spiro atoms. The molecule has 10 nitrogen and oxygen atoms in total. The number of hydrogen-bond donors (Lipinski definition) is 2. The molecule has 0 aromatic heterocycles. The highest BCUT2D eigenvalue weighted by molar-refractivity contribution is 7.85. The van der Waals surface area contributed by atoms with Crippen molar-refractivity contribution in [1.29, 1.82) is 0 Å². The van der Waals surface area contributed by atoms with Gasteiger partial charge in [-0.25, -0.2) is 9.00 Å². The first-order valence-electron chi connectivity index (χ1n) is 22.0. The normalized spacial score (nSPS) is 19.0. The van der Waals surface area contributed by atoms with E-state index in [-0.39, 0.29) is 16.9 Å². The van der Waals surface area contributed by atoms with Crippen LogP contribution in [-0.4, -0.2) is 80.3 Å². The summed E-state index contributed by atoms with van der Waals surface area (Å²) in [4.78, 5) is 17.8. The summed E-state index contributed by atoms with van der Waals surface area (Å²) in [7, 11) is -2.30. The highest BCUT2D eigenvalue weighted by atomic mass is 32.2. The molecule has 2 aliphatic heterocycles. The summed E-state index contributed by atoms with van der Waals surface area (Å²) in [5.41, 5.74) is 8.16. The fourth-order valence-electron chi connectivity index (χ4n) is 9.85. The number of nitrogens with zero attached hydrogens (tertiary/aromatic N) is 3. The fourth-order valence-corrected chi connectivity index (χ4v) is 10.9. The van der Waals surface area contributed by atoms with Crippen molar-refractivity contribution in [3.05, 3.63) is 131 Å². The number of hydrogen-bond acceptors (Lipinski definition) is 6. The number of likely N-dealkylation sites (N-methyl/N-ethyl adjacent to an activating group) is 1. The molecule has 2 heterocycles. The van der Waals surface area contributed by atoms with Crippen LogP contribution in [0.5, 0.6) is 0 Å². The molecule has 0 bridgehead atoms. The van der Waals surface area contributed by atoms with Gasteiger partial charge >= 0.3 is 6.09 Å². The summed E-state index contributed by atoms with van der Waals surface area (Å²) < 4.78 is 62.1. The zero-order valence-electron chi connectivity index (χ0n) is 37.9. The first-order valence-corrected chi connectivity index (χ1v) is 24.9. The van der Waals surface area contributed by atoms with Crippen LogP contribution in [0.1, 0.15) is 98.1 Å². The minimum Gasteiger partial charge on any atom is -0.443 e. The lowest BCUT2D eigenvalue weighted by Crippen LogP contribution is -2.34. The maximum Gasteiger partial charge on any atom is 0.414 e. The molecule has 0 saturated carbocycles. The molecule has 0 fully saturated rings. The van der Waals surface area contributed by atoms with Crippen molar-refractivity contribution in [2.24, 2.45) is 0 Å². The van der Waals surface area contributed by atoms with Gasteiger partial charge in [0, 0.05) is 60.3 Å². The van der Waals surface area contributed by atoms with Crippen LogP contribution in [0.25, 0.3) is 21.5 Å². The Labute approximate surface area is 375 Å². The average molecular weight is 893 g/mol. The quantitative estimate of drug-likeness (QED) is 0.0554. The SMILES string of the molecule is CN(C(=O)OC(C)(C)C)C1=C(/C=C/C2=[N+](CCCCS(=O)O)c3ccc4ccccc4c3C2(C)C)CC/C1=C\C=C1\N(CCCCS(=O)(=O)O)c2ccc3ccccc3c2C1(C)C. The van der Waals surface area contributed by atoms with Crippen molar-refractivity contribution >= 4 is 65.9 Å². The predicted octanol–water partition coefficient (Wildman–Crippen LogP) is 11.1. The van der Waals surface area contributed by atoms with Gasteiger partial charge in [0.1, 0.15) is 12.1 Å². The molecule has 7 rings (SSSR count). The Balaban J connectivity index is 1.33. The van der Waals surface area contributed by atoms with Crippen molar-refractivity contribution < 1.29 is 35.8 Å². The van der Waals surface area contributed by atoms with Crippen LogP contribution in [0.15, 0.2) is 120 Å². The van der Waals surface area contributed by atoms with Crippen molar-refractivity contribution in [3.8, 4) is 0 Å². The fraction of sp³-hybridized carbons (Fsp3) is 0.412. The molecule has 1 unspecified atom stereocenters. The zero-order valence-corrected chi connectivity index (χ0v) is 39.5. The van der Waals surface area contributed by atoms with Gasteiger partial charge in [-0.05, 0) is 123 Å². The molecule has 0 saturated heterocycles. The third kappa shape index (κ3) is 9.65. The van der Waals surface area contributed by atoms with E-state index in [0.717, 1.165) is 56.8 Å². The van der Waals surface area contributed by atoms with Crippen LogP contribution in [-0.2, 0) is 36.8 Å². The van der Waals surface area contributed by atoms with Gasteiger partial charge in [0.15, 0.2) is 16.8 Å². The first-order chi connectivity index (χ1) is 29.7. The molecule has 63 heavy (non-hydrogen) atoms. The lowest BCUT2D eigenvalue weighted by Gasteiger charge is -2.28. The summed E-state index contributed by atoms with van der Waals surface area (Å²) >= 11 is -1.84. The third-order valence-electron chi connectivity index (χ3n) is 12.7. The van der Waals surface area contributed by atoms with E-state index in [9.17, 15) is 26.5 Å². The Kier molecular flexibility index (Phi) is 13.1. The second-order valence-corrected chi connectivity index (χ2v) is 21.6. The number of ether oxygens (including phenoxy) is 1. The summed E-state index contributed by atoms with van der Waals surface area (Å²) in [5, 5.41) is 4.68. The standard InChI is InChI=1S/C51H61N3O7S2/c1-49(2,3)61-48(55)52(8)47-37(25-29-43-50(4,5)45-39-19-11-9-17-35(39)23-27-41(45)53(43)31-13-15-33-62(56)57)21-22-38(47)26-30-44-51(6,7)46-40-20-12-10-18-36(40)24-28-42(46)54(44)32-14-16-34-63(58,59)60/h9-12,17-20,23-30H,13-16,21-22,31-34H2,1-8H3,(H-,56,57,58,59,60)/p+1. The lowest BCUT2D eigenvalue weighted by molar-refractivity contribution is -0.438. The van der Waals surface area contributed by atoms with Crippen molar-refractivity contribution in [2.75, 3.05) is 36.5 Å². The molecule has 1 aliphatic carbocycles. The van der Waals surface area contributed by atoms with Crippen molar-refractivity contribution in [3.63, 3.8) is 0 Å². The maximum absolute atomic E-state index is 13.9. The largest absolute Gasteiger partial charge is 0.443 e. The van der Waals surface area contributed by atoms with Crippen LogP contribution >= 0.6 is 0 Å². The molecule has 3 aliphatic rings. The predicted molar refractivity (Wildman–Crippen MR) is 257 cm³/mol. The number of allylic oxidation sites excluding steroid dienone is 7. The van der Waals surface area contributed by atoms with Crippen LogP contribution in [0.2, 0.25) is 0 Å². The second kappa shape index (κ2) is 17.9. The van der Waals surface area contributed by atoms with E-state index in [1.54, 1.807) is 11.9 Å². The van der Waals surface area contributed by atoms with Gasteiger partial charge < -0.3 is 14.2 Å². The second-order valence-electron chi connectivity index (χ2n) is 19.0. The van der Waals surface area contributed by atoms with Crippen molar-refractivity contribution in [2.45, 2.75) is 103 Å². The van der Waals surface area contributed by atoms with Gasteiger partial charge in [-0.3, -0.25) is 9.45 Å². The number of carbonyl (C=O) groups is 1. The minimum atomic E-state index is -4.07. The van der Waals surface area contributed by atoms with Crippen molar-refractivity contribution in [1.82, 2.24) is 4.90 Å². The molecular formula is C51H62N3O7S2+. The van der Waals surface area contributed by atoms with Gasteiger partial charge in [0.25, 0.3) is 10.1 Å². The topological polar surface area (TPSA) is 127 Å². The maximum atomic E-state index is 13.9. The van der Waals surface area contributed by atoms with E-state index in [2.05, 4.69) is 128 Å². The van der Waals surface area contributed by atoms with Gasteiger partial charge in [-0.1, -0.05) is 80.6 Å². The van der Waals surface area contributed by atoms with E-state index in [1.807, 2.05) is 26.8 Å². The number of fused-ring (bicyclic) bond motifs is 6. The summed E-state index contributed by atoms with van der Waals surface area (Å²) in [6, 6.07) is 25.5. The third-order valence-corrected chi connectivity index (χ3v) is 14.1. The summed E-state index contributed by atoms with van der Waals surface area (Å²) in [6.07, 6.45) is 11.9. The molecule has 1 amide bonds. The van der Waals surface area contributed by atoms with E-state index < -0.39 is 38.3 Å². The number of rotatable bonds is 14.